The molecule has 5 heteroatoms. The Morgan fingerprint density at radius 2 is 1.73 bits per heavy atom. The zero-order chi connectivity index (χ0) is 15.7. The minimum atomic E-state index is -0.992. The summed E-state index contributed by atoms with van der Waals surface area (Å²) in [5, 5.41) is 15.2. The van der Waals surface area contributed by atoms with Gasteiger partial charge in [0.25, 0.3) is 5.91 Å². The van der Waals surface area contributed by atoms with E-state index in [1.54, 1.807) is 43.3 Å². The van der Waals surface area contributed by atoms with E-state index in [4.69, 9.17) is 0 Å². The van der Waals surface area contributed by atoms with Gasteiger partial charge in [-0.05, 0) is 31.2 Å². The number of rotatable bonds is 3. The van der Waals surface area contributed by atoms with Gasteiger partial charge in [-0.15, -0.1) is 0 Å². The number of amides is 1. The van der Waals surface area contributed by atoms with Crippen LogP contribution in [0.1, 0.15) is 17.3 Å². The summed E-state index contributed by atoms with van der Waals surface area (Å²) < 4.78 is 0. The Morgan fingerprint density at radius 1 is 1.09 bits per heavy atom. The highest BCUT2D eigenvalue weighted by Crippen LogP contribution is 2.28. The van der Waals surface area contributed by atoms with E-state index in [0.29, 0.717) is 11.4 Å². The van der Waals surface area contributed by atoms with Crippen molar-refractivity contribution in [2.24, 2.45) is 11.0 Å². The number of aromatic hydroxyl groups is 1. The molecule has 1 aliphatic heterocycles. The number of phenolic OH excluding ortho intramolecular Hbond substituents is 1. The van der Waals surface area contributed by atoms with Gasteiger partial charge >= 0.3 is 0 Å². The molecule has 1 heterocycles. The number of phenols is 1. The van der Waals surface area contributed by atoms with Crippen LogP contribution in [0.2, 0.25) is 0 Å². The third-order valence-electron chi connectivity index (χ3n) is 3.56. The summed E-state index contributed by atoms with van der Waals surface area (Å²) >= 11 is 0. The van der Waals surface area contributed by atoms with E-state index in [1.807, 2.05) is 6.07 Å². The Hall–Kier alpha value is -2.95. The van der Waals surface area contributed by atoms with E-state index in [0.717, 1.165) is 0 Å². The number of carbonyl (C=O) groups excluding carboxylic acids is 2. The normalized spacial score (nSPS) is 17.5. The van der Waals surface area contributed by atoms with Crippen LogP contribution in [0, 0.1) is 5.92 Å². The monoisotopic (exact) mass is 294 g/mol. The zero-order valence-electron chi connectivity index (χ0n) is 11.9. The van der Waals surface area contributed by atoms with Gasteiger partial charge in [0.05, 0.1) is 17.0 Å². The molecular weight excluding hydrogens is 280 g/mol. The molecule has 5 nitrogen and oxygen atoms in total. The molecule has 1 atom stereocenters. The lowest BCUT2D eigenvalue weighted by molar-refractivity contribution is -0.118. The summed E-state index contributed by atoms with van der Waals surface area (Å²) in [7, 11) is 0. The summed E-state index contributed by atoms with van der Waals surface area (Å²) in [4.78, 5) is 25.1. The molecule has 2 aromatic carbocycles. The Morgan fingerprint density at radius 3 is 2.41 bits per heavy atom. The summed E-state index contributed by atoms with van der Waals surface area (Å²) in [6.45, 7) is 1.64. The zero-order valence-corrected chi connectivity index (χ0v) is 11.9. The van der Waals surface area contributed by atoms with E-state index in [-0.39, 0.29) is 11.3 Å². The summed E-state index contributed by atoms with van der Waals surface area (Å²) in [6.07, 6.45) is 0. The number of carbonyl (C=O) groups is 2. The van der Waals surface area contributed by atoms with E-state index in [1.165, 1.54) is 17.1 Å². The Kier molecular flexibility index (Phi) is 3.47. The molecule has 0 saturated carbocycles. The molecule has 3 rings (SSSR count). The second kappa shape index (κ2) is 5.44. The molecule has 22 heavy (non-hydrogen) atoms. The molecule has 0 spiro atoms. The average molecular weight is 294 g/mol. The number of nitrogens with zero attached hydrogens (tertiary/aromatic N) is 2. The van der Waals surface area contributed by atoms with Crippen LogP contribution < -0.4 is 5.01 Å². The Balaban J connectivity index is 1.94. The smallest absolute Gasteiger partial charge is 0.264 e. The number of hydrogen-bond acceptors (Lipinski definition) is 4. The predicted molar refractivity (Wildman–Crippen MR) is 83.0 cm³/mol. The van der Waals surface area contributed by atoms with Crippen molar-refractivity contribution >= 4 is 23.1 Å². The highest BCUT2D eigenvalue weighted by Gasteiger charge is 2.40. The van der Waals surface area contributed by atoms with Crippen molar-refractivity contribution in [3.05, 3.63) is 60.2 Å². The summed E-state index contributed by atoms with van der Waals surface area (Å²) in [5.41, 5.74) is 1.16. The second-order valence-electron chi connectivity index (χ2n) is 5.04. The molecule has 0 bridgehead atoms. The van der Waals surface area contributed by atoms with Gasteiger partial charge in [-0.25, -0.2) is 0 Å². The number of hydrazone groups is 1. The van der Waals surface area contributed by atoms with Crippen molar-refractivity contribution in [2.45, 2.75) is 6.92 Å². The van der Waals surface area contributed by atoms with Crippen molar-refractivity contribution in [2.75, 3.05) is 5.01 Å². The van der Waals surface area contributed by atoms with Crippen molar-refractivity contribution < 1.29 is 14.7 Å². The maximum Gasteiger partial charge on any atom is 0.264 e. The third kappa shape index (κ3) is 2.26. The van der Waals surface area contributed by atoms with Crippen molar-refractivity contribution in [3.63, 3.8) is 0 Å². The van der Waals surface area contributed by atoms with Gasteiger partial charge in [0.2, 0.25) is 0 Å². The second-order valence-corrected chi connectivity index (χ2v) is 5.04. The van der Waals surface area contributed by atoms with Gasteiger partial charge in [-0.1, -0.05) is 30.3 Å². The maximum absolute atomic E-state index is 12.6. The van der Waals surface area contributed by atoms with Crippen LogP contribution in [-0.4, -0.2) is 22.5 Å². The standard InChI is InChI=1S/C17H14N2O3/c1-11-15(16(21)13-9-5-6-10-14(13)20)17(22)19(18-11)12-7-3-2-4-8-12/h2-10,15,20H,1H3. The van der Waals surface area contributed by atoms with Crippen LogP contribution in [0.25, 0.3) is 0 Å². The largest absolute Gasteiger partial charge is 0.507 e. The van der Waals surface area contributed by atoms with Crippen LogP contribution in [0.15, 0.2) is 59.7 Å². The van der Waals surface area contributed by atoms with E-state index < -0.39 is 17.6 Å². The summed E-state index contributed by atoms with van der Waals surface area (Å²) in [6, 6.07) is 15.1. The summed E-state index contributed by atoms with van der Waals surface area (Å²) in [5.74, 6) is -1.97. The molecule has 0 fully saturated rings. The number of para-hydroxylation sites is 2. The predicted octanol–water partition coefficient (Wildman–Crippen LogP) is 2.61. The van der Waals surface area contributed by atoms with Gasteiger partial charge in [0.1, 0.15) is 11.7 Å². The minimum Gasteiger partial charge on any atom is -0.507 e. The van der Waals surface area contributed by atoms with E-state index in [2.05, 4.69) is 5.10 Å². The maximum atomic E-state index is 12.6. The lowest BCUT2D eigenvalue weighted by Crippen LogP contribution is -2.32. The average Bonchev–Trinajstić information content (AvgIpc) is 2.83. The molecule has 110 valence electrons. The molecule has 1 aliphatic rings. The van der Waals surface area contributed by atoms with Crippen LogP contribution in [0.5, 0.6) is 5.75 Å². The fourth-order valence-corrected chi connectivity index (χ4v) is 2.46. The number of Topliss-reactive ketones (excluding diaryl/α,β-unsaturated/α-hetero) is 1. The first-order chi connectivity index (χ1) is 10.6. The highest BCUT2D eigenvalue weighted by atomic mass is 16.3. The fourth-order valence-electron chi connectivity index (χ4n) is 2.46. The van der Waals surface area contributed by atoms with Crippen LogP contribution >= 0.6 is 0 Å². The first kappa shape index (κ1) is 14.0. The molecular formula is C17H14N2O3. The number of benzene rings is 2. The van der Waals surface area contributed by atoms with Crippen LogP contribution in [0.4, 0.5) is 5.69 Å². The Bertz CT molecular complexity index is 768. The van der Waals surface area contributed by atoms with E-state index >= 15 is 0 Å². The first-order valence-corrected chi connectivity index (χ1v) is 6.86. The molecule has 1 unspecified atom stereocenters. The topological polar surface area (TPSA) is 70.0 Å². The molecule has 1 N–H and O–H groups in total. The molecule has 0 aliphatic carbocycles. The van der Waals surface area contributed by atoms with Crippen LogP contribution in [0.3, 0.4) is 0 Å². The molecule has 0 radical (unpaired) electrons. The van der Waals surface area contributed by atoms with Crippen molar-refractivity contribution in [3.8, 4) is 5.75 Å². The van der Waals surface area contributed by atoms with Gasteiger partial charge in [-0.3, -0.25) is 9.59 Å². The van der Waals surface area contributed by atoms with Gasteiger partial charge < -0.3 is 5.11 Å². The number of hydrogen-bond donors (Lipinski definition) is 1. The van der Waals surface area contributed by atoms with Crippen LogP contribution in [-0.2, 0) is 4.79 Å². The van der Waals surface area contributed by atoms with E-state index in [9.17, 15) is 14.7 Å². The molecule has 0 aromatic heterocycles. The quantitative estimate of drug-likeness (QED) is 0.698. The van der Waals surface area contributed by atoms with Gasteiger partial charge in [-0.2, -0.15) is 10.1 Å². The highest BCUT2D eigenvalue weighted by molar-refractivity contribution is 6.30. The SMILES string of the molecule is CC1=NN(c2ccccc2)C(=O)C1C(=O)c1ccccc1O. The number of ketones is 1. The minimum absolute atomic E-state index is 0.130. The Labute approximate surface area is 127 Å². The molecule has 1 amide bonds. The third-order valence-corrected chi connectivity index (χ3v) is 3.56. The van der Waals surface area contributed by atoms with Crippen molar-refractivity contribution in [1.29, 1.82) is 0 Å². The molecule has 0 saturated heterocycles. The van der Waals surface area contributed by atoms with Gasteiger partial charge in [0, 0.05) is 0 Å². The number of anilines is 1. The lowest BCUT2D eigenvalue weighted by Gasteiger charge is -2.14. The van der Waals surface area contributed by atoms with Gasteiger partial charge in [0.15, 0.2) is 5.78 Å². The first-order valence-electron chi connectivity index (χ1n) is 6.86. The molecule has 2 aromatic rings. The fraction of sp³-hybridized carbons (Fsp3) is 0.118. The lowest BCUT2D eigenvalue weighted by atomic mass is 9.93. The van der Waals surface area contributed by atoms with Crippen molar-refractivity contribution in [1.82, 2.24) is 0 Å².